The average Bonchev–Trinajstić information content (AvgIpc) is 2.94. The maximum Gasteiger partial charge on any atom is 0.278 e. The fourth-order valence-electron chi connectivity index (χ4n) is 7.89. The van der Waals surface area contributed by atoms with Gasteiger partial charge in [0.2, 0.25) is 0 Å². The van der Waals surface area contributed by atoms with Crippen molar-refractivity contribution in [2.45, 2.75) is 130 Å². The van der Waals surface area contributed by atoms with Crippen LogP contribution in [0.15, 0.2) is 16.8 Å². The van der Waals surface area contributed by atoms with Crippen molar-refractivity contribution in [3.05, 3.63) is 11.6 Å². The second-order valence-corrected chi connectivity index (χ2v) is 28.8. The summed E-state index contributed by atoms with van der Waals surface area (Å²) in [6, 6.07) is 0. The summed E-state index contributed by atoms with van der Waals surface area (Å²) in [5, 5.41) is 4.94. The molecule has 0 bridgehead atoms. The molecule has 0 amide bonds. The van der Waals surface area contributed by atoms with E-state index < -0.39 is 25.0 Å². The minimum absolute atomic E-state index is 0.102. The highest BCUT2D eigenvalue weighted by Gasteiger charge is 2.61. The van der Waals surface area contributed by atoms with Gasteiger partial charge in [0.1, 0.15) is 0 Å². The van der Waals surface area contributed by atoms with Gasteiger partial charge in [-0.1, -0.05) is 25.5 Å². The van der Waals surface area contributed by atoms with E-state index in [1.54, 1.807) is 5.57 Å². The lowest BCUT2D eigenvalue weighted by molar-refractivity contribution is -0.0213. The average molecular weight is 536 g/mol. The summed E-state index contributed by atoms with van der Waals surface area (Å²) in [5.74, 6) is 2.14. The summed E-state index contributed by atoms with van der Waals surface area (Å²) in [4.78, 5) is 0. The Kier molecular flexibility index (Phi) is 7.32. The first-order valence-corrected chi connectivity index (χ1v) is 24.5. The SMILES string of the molecule is C[C@]12CC[C@H](O[Si](C)(C)C)CC1=CC[C@@H]1[C@@H]2CC[C@]2(C)/C(=N\O[Si](C)(C)C)[C@@H](O[Si](C)(C)C)C[C@@H]12. The van der Waals surface area contributed by atoms with E-state index in [-0.39, 0.29) is 11.5 Å². The number of hydrogen-bond acceptors (Lipinski definition) is 4. The molecule has 0 aliphatic heterocycles. The van der Waals surface area contributed by atoms with Gasteiger partial charge in [0.15, 0.2) is 16.6 Å². The Morgan fingerprint density at radius 1 is 0.800 bits per heavy atom. The molecule has 0 radical (unpaired) electrons. The summed E-state index contributed by atoms with van der Waals surface area (Å²) < 4.78 is 19.6. The van der Waals surface area contributed by atoms with E-state index in [2.05, 4.69) is 78.8 Å². The van der Waals surface area contributed by atoms with Crippen molar-refractivity contribution in [1.82, 2.24) is 0 Å². The summed E-state index contributed by atoms with van der Waals surface area (Å²) >= 11 is 0. The van der Waals surface area contributed by atoms with E-state index in [0.717, 1.165) is 24.7 Å². The molecular weight excluding hydrogens is 483 g/mol. The summed E-state index contributed by atoms with van der Waals surface area (Å²) in [5.41, 5.74) is 3.39. The molecular formula is C28H53NO3Si3. The van der Waals surface area contributed by atoms with Crippen molar-refractivity contribution in [2.24, 2.45) is 33.7 Å². The second kappa shape index (κ2) is 9.21. The van der Waals surface area contributed by atoms with Crippen molar-refractivity contribution < 1.29 is 13.4 Å². The lowest BCUT2D eigenvalue weighted by Crippen LogP contribution is -2.51. The van der Waals surface area contributed by atoms with E-state index in [9.17, 15) is 0 Å². The van der Waals surface area contributed by atoms with Crippen molar-refractivity contribution in [3.63, 3.8) is 0 Å². The highest BCUT2D eigenvalue weighted by Crippen LogP contribution is 2.64. The highest BCUT2D eigenvalue weighted by atomic mass is 28.4. The highest BCUT2D eigenvalue weighted by molar-refractivity contribution is 6.70. The van der Waals surface area contributed by atoms with Crippen molar-refractivity contribution in [2.75, 3.05) is 0 Å². The molecule has 0 spiro atoms. The Labute approximate surface area is 219 Å². The molecule has 0 saturated heterocycles. The van der Waals surface area contributed by atoms with Crippen LogP contribution in [0.4, 0.5) is 0 Å². The molecule has 3 saturated carbocycles. The fourth-order valence-corrected chi connectivity index (χ4v) is 10.5. The van der Waals surface area contributed by atoms with Crippen LogP contribution in [0.1, 0.15) is 58.8 Å². The predicted octanol–water partition coefficient (Wildman–Crippen LogP) is 8.21. The largest absolute Gasteiger partial charge is 0.456 e. The van der Waals surface area contributed by atoms with Crippen molar-refractivity contribution in [3.8, 4) is 0 Å². The van der Waals surface area contributed by atoms with Gasteiger partial charge in [0.05, 0.1) is 11.8 Å². The van der Waals surface area contributed by atoms with Gasteiger partial charge < -0.3 is 13.4 Å². The van der Waals surface area contributed by atoms with Crippen LogP contribution in [0.2, 0.25) is 58.9 Å². The van der Waals surface area contributed by atoms with Gasteiger partial charge >= 0.3 is 0 Å². The van der Waals surface area contributed by atoms with Gasteiger partial charge in [-0.25, -0.2) is 0 Å². The lowest BCUT2D eigenvalue weighted by Gasteiger charge is -2.57. The van der Waals surface area contributed by atoms with E-state index in [1.165, 1.54) is 37.8 Å². The number of allylic oxidation sites excluding steroid dienone is 1. The van der Waals surface area contributed by atoms with Gasteiger partial charge in [-0.05, 0) is 127 Å². The first-order valence-electron chi connectivity index (χ1n) is 14.2. The van der Waals surface area contributed by atoms with Gasteiger partial charge in [0, 0.05) is 11.5 Å². The van der Waals surface area contributed by atoms with Crippen LogP contribution in [-0.4, -0.2) is 42.9 Å². The van der Waals surface area contributed by atoms with Crippen LogP contribution >= 0.6 is 0 Å². The van der Waals surface area contributed by atoms with Crippen molar-refractivity contribution in [1.29, 1.82) is 0 Å². The number of rotatable bonds is 6. The zero-order chi connectivity index (χ0) is 26.0. The maximum absolute atomic E-state index is 6.82. The van der Waals surface area contributed by atoms with Crippen LogP contribution in [0, 0.1) is 28.6 Å². The molecule has 4 aliphatic carbocycles. The molecule has 0 aromatic heterocycles. The normalized spacial score (nSPS) is 41.2. The van der Waals surface area contributed by atoms with E-state index in [0.29, 0.717) is 17.4 Å². The van der Waals surface area contributed by atoms with Crippen LogP contribution < -0.4 is 0 Å². The van der Waals surface area contributed by atoms with Crippen molar-refractivity contribution >= 4 is 30.7 Å². The maximum atomic E-state index is 6.82. The quantitative estimate of drug-likeness (QED) is 0.195. The third kappa shape index (κ3) is 5.79. The Hall–Kier alpha value is -0.219. The van der Waals surface area contributed by atoms with Crippen LogP contribution in [0.5, 0.6) is 0 Å². The summed E-state index contributed by atoms with van der Waals surface area (Å²) in [7, 11) is -4.95. The molecule has 0 heterocycles. The van der Waals surface area contributed by atoms with Crippen LogP contribution in [-0.2, 0) is 13.4 Å². The van der Waals surface area contributed by atoms with Gasteiger partial charge in [-0.3, -0.25) is 0 Å². The zero-order valence-electron chi connectivity index (χ0n) is 24.6. The van der Waals surface area contributed by atoms with E-state index in [1.807, 2.05) is 0 Å². The molecule has 0 aromatic carbocycles. The molecule has 3 fully saturated rings. The number of hydrogen-bond donors (Lipinski definition) is 0. The van der Waals surface area contributed by atoms with Gasteiger partial charge in [-0.2, -0.15) is 0 Å². The molecule has 4 aliphatic rings. The molecule has 0 aromatic rings. The van der Waals surface area contributed by atoms with E-state index in [4.69, 9.17) is 18.5 Å². The fraction of sp³-hybridized carbons (Fsp3) is 0.893. The summed E-state index contributed by atoms with van der Waals surface area (Å²) in [6.45, 7) is 25.7. The van der Waals surface area contributed by atoms with Gasteiger partial charge in [-0.15, -0.1) is 5.16 Å². The van der Waals surface area contributed by atoms with Crippen LogP contribution in [0.25, 0.3) is 0 Å². The number of fused-ring (bicyclic) bond motifs is 5. The molecule has 200 valence electrons. The Balaban J connectivity index is 1.62. The van der Waals surface area contributed by atoms with E-state index >= 15 is 0 Å². The molecule has 0 unspecified atom stereocenters. The second-order valence-electron chi connectivity index (χ2n) is 15.4. The Morgan fingerprint density at radius 3 is 2.03 bits per heavy atom. The standard InChI is InChI=1S/C28H53NO3Si3/c1-27-16-14-21(30-33(3,4)5)18-20(27)12-13-22-23(27)15-17-28(2)24(22)19-25(31-34(6,7)8)26(28)29-32-35(9,10)11/h12,21-25H,13-19H2,1-11H3/b29-26-/t21-,22+,23-,24-,25-,27-,28-/m0/s1. The zero-order valence-corrected chi connectivity index (χ0v) is 27.6. The first kappa shape index (κ1) is 27.8. The lowest BCUT2D eigenvalue weighted by atomic mass is 9.48. The molecule has 7 atom stereocenters. The third-order valence-corrected chi connectivity index (χ3v) is 11.9. The third-order valence-electron chi connectivity index (χ3n) is 9.24. The minimum Gasteiger partial charge on any atom is -0.456 e. The van der Waals surface area contributed by atoms with Gasteiger partial charge in [0.25, 0.3) is 8.32 Å². The molecule has 4 nitrogen and oxygen atoms in total. The molecule has 0 N–H and O–H groups in total. The molecule has 35 heavy (non-hydrogen) atoms. The predicted molar refractivity (Wildman–Crippen MR) is 155 cm³/mol. The molecule has 4 rings (SSSR count). The number of nitrogens with zero attached hydrogens (tertiary/aromatic N) is 1. The smallest absolute Gasteiger partial charge is 0.278 e. The Morgan fingerprint density at radius 2 is 1.43 bits per heavy atom. The first-order chi connectivity index (χ1) is 15.9. The molecule has 7 heteroatoms. The van der Waals surface area contributed by atoms with Crippen LogP contribution in [0.3, 0.4) is 0 Å². The number of oxime groups is 1. The minimum atomic E-state index is -1.75. The monoisotopic (exact) mass is 535 g/mol. The topological polar surface area (TPSA) is 40.0 Å². The Bertz CT molecular complexity index is 868. The summed E-state index contributed by atoms with van der Waals surface area (Å²) in [6.07, 6.45) is 11.7.